The summed E-state index contributed by atoms with van der Waals surface area (Å²) in [5.41, 5.74) is 1.74. The van der Waals surface area contributed by atoms with Crippen LogP contribution in [-0.4, -0.2) is 25.8 Å². The van der Waals surface area contributed by atoms with Crippen LogP contribution < -0.4 is 0 Å². The molecule has 0 spiro atoms. The van der Waals surface area contributed by atoms with Crippen LogP contribution >= 0.6 is 0 Å². The zero-order valence-corrected chi connectivity index (χ0v) is 12.6. The molecule has 0 saturated carbocycles. The lowest BCUT2D eigenvalue weighted by Gasteiger charge is -2.08. The molecule has 3 aromatic rings. The van der Waals surface area contributed by atoms with Gasteiger partial charge in [-0.05, 0) is 19.1 Å². The van der Waals surface area contributed by atoms with Gasteiger partial charge >= 0.3 is 5.97 Å². The molecule has 0 amide bonds. The molecule has 7 heteroatoms. The first-order chi connectivity index (χ1) is 11.5. The fourth-order valence-corrected chi connectivity index (χ4v) is 2.28. The molecule has 0 aliphatic rings. The molecule has 3 rings (SSSR count). The molecular formula is C17H11FN4O2. The van der Waals surface area contributed by atoms with E-state index in [2.05, 4.69) is 10.1 Å². The largest absolute Gasteiger partial charge is 0.478 e. The monoisotopic (exact) mass is 322 g/mol. The Bertz CT molecular complexity index is 988. The van der Waals surface area contributed by atoms with Crippen LogP contribution in [0.25, 0.3) is 16.9 Å². The second kappa shape index (κ2) is 5.93. The minimum absolute atomic E-state index is 0.00381. The number of hydrogen-bond acceptors (Lipinski definition) is 4. The molecule has 6 nitrogen and oxygen atoms in total. The molecule has 0 aliphatic heterocycles. The molecule has 2 heterocycles. The third-order valence-electron chi connectivity index (χ3n) is 3.49. The number of nitriles is 1. The molecule has 1 N–H and O–H groups in total. The predicted molar refractivity (Wildman–Crippen MR) is 83.2 cm³/mol. The Morgan fingerprint density at radius 2 is 2.08 bits per heavy atom. The van der Waals surface area contributed by atoms with Gasteiger partial charge in [0.15, 0.2) is 5.82 Å². The zero-order valence-electron chi connectivity index (χ0n) is 12.6. The summed E-state index contributed by atoms with van der Waals surface area (Å²) in [6.45, 7) is 1.83. The van der Waals surface area contributed by atoms with Crippen LogP contribution in [0.4, 0.5) is 4.39 Å². The van der Waals surface area contributed by atoms with Crippen LogP contribution in [0.5, 0.6) is 0 Å². The number of carboxylic acid groups (broad SMARTS) is 1. The number of benzene rings is 1. The molecule has 0 fully saturated rings. The number of halogens is 1. The molecule has 0 saturated heterocycles. The first kappa shape index (κ1) is 15.4. The Balaban J connectivity index is 2.10. The van der Waals surface area contributed by atoms with E-state index in [-0.39, 0.29) is 22.5 Å². The van der Waals surface area contributed by atoms with Gasteiger partial charge in [0.05, 0.1) is 23.4 Å². The van der Waals surface area contributed by atoms with Crippen molar-refractivity contribution in [1.29, 1.82) is 5.26 Å². The van der Waals surface area contributed by atoms with E-state index in [4.69, 9.17) is 5.11 Å². The van der Waals surface area contributed by atoms with Crippen LogP contribution in [0, 0.1) is 24.1 Å². The van der Waals surface area contributed by atoms with Gasteiger partial charge in [-0.2, -0.15) is 10.4 Å². The van der Waals surface area contributed by atoms with Gasteiger partial charge in [0.25, 0.3) is 0 Å². The molecule has 0 aliphatic carbocycles. The topological polar surface area (TPSA) is 91.8 Å². The highest BCUT2D eigenvalue weighted by Gasteiger charge is 2.14. The van der Waals surface area contributed by atoms with Gasteiger partial charge in [0, 0.05) is 29.6 Å². The van der Waals surface area contributed by atoms with E-state index in [0.29, 0.717) is 5.56 Å². The number of aromatic carboxylic acids is 1. The first-order valence-electron chi connectivity index (χ1n) is 6.94. The molecule has 24 heavy (non-hydrogen) atoms. The van der Waals surface area contributed by atoms with Crippen molar-refractivity contribution in [2.45, 2.75) is 6.92 Å². The van der Waals surface area contributed by atoms with E-state index in [9.17, 15) is 14.4 Å². The normalized spacial score (nSPS) is 10.4. The van der Waals surface area contributed by atoms with Crippen molar-refractivity contribution in [3.63, 3.8) is 0 Å². The maximum absolute atomic E-state index is 14.1. The van der Waals surface area contributed by atoms with Crippen LogP contribution in [-0.2, 0) is 0 Å². The summed E-state index contributed by atoms with van der Waals surface area (Å²) in [7, 11) is 0. The van der Waals surface area contributed by atoms with Crippen LogP contribution in [0.1, 0.15) is 21.5 Å². The SMILES string of the molecule is Cc1ccc(F)c(-c2cnc(-n3cc(C(=O)O)cn3)cc2C#N)c1. The zero-order chi connectivity index (χ0) is 17.3. The number of hydrogen-bond donors (Lipinski definition) is 1. The van der Waals surface area contributed by atoms with Gasteiger partial charge in [-0.1, -0.05) is 11.6 Å². The van der Waals surface area contributed by atoms with E-state index < -0.39 is 11.8 Å². The molecule has 118 valence electrons. The Morgan fingerprint density at radius 1 is 1.29 bits per heavy atom. The number of carbonyl (C=O) groups is 1. The second-order valence-electron chi connectivity index (χ2n) is 5.16. The smallest absolute Gasteiger partial charge is 0.338 e. The van der Waals surface area contributed by atoms with Crippen molar-refractivity contribution in [2.24, 2.45) is 0 Å². The summed E-state index contributed by atoms with van der Waals surface area (Å²) >= 11 is 0. The van der Waals surface area contributed by atoms with E-state index in [0.717, 1.165) is 5.56 Å². The van der Waals surface area contributed by atoms with Crippen LogP contribution in [0.15, 0.2) is 42.9 Å². The minimum Gasteiger partial charge on any atom is -0.478 e. The third-order valence-corrected chi connectivity index (χ3v) is 3.49. The molecule has 0 atom stereocenters. The van der Waals surface area contributed by atoms with Crippen molar-refractivity contribution in [2.75, 3.05) is 0 Å². The predicted octanol–water partition coefficient (Wildman–Crippen LogP) is 2.95. The fourth-order valence-electron chi connectivity index (χ4n) is 2.28. The Hall–Kier alpha value is -3.53. The van der Waals surface area contributed by atoms with Gasteiger partial charge in [-0.25, -0.2) is 18.9 Å². The molecule has 2 aromatic heterocycles. The average Bonchev–Trinajstić information content (AvgIpc) is 3.07. The molecule has 0 radical (unpaired) electrons. The van der Waals surface area contributed by atoms with Crippen molar-refractivity contribution < 1.29 is 14.3 Å². The van der Waals surface area contributed by atoms with Gasteiger partial charge in [0.1, 0.15) is 5.82 Å². The van der Waals surface area contributed by atoms with Crippen LogP contribution in [0.3, 0.4) is 0 Å². The van der Waals surface area contributed by atoms with Crippen LogP contribution in [0.2, 0.25) is 0 Å². The Morgan fingerprint density at radius 3 is 2.75 bits per heavy atom. The van der Waals surface area contributed by atoms with Gasteiger partial charge < -0.3 is 5.11 Å². The van der Waals surface area contributed by atoms with Crippen molar-refractivity contribution >= 4 is 5.97 Å². The lowest BCUT2D eigenvalue weighted by Crippen LogP contribution is -2.01. The third kappa shape index (κ3) is 2.73. The summed E-state index contributed by atoms with van der Waals surface area (Å²) in [6, 6.07) is 8.08. The maximum atomic E-state index is 14.1. The lowest BCUT2D eigenvalue weighted by molar-refractivity contribution is 0.0697. The van der Waals surface area contributed by atoms with Gasteiger partial charge in [-0.15, -0.1) is 0 Å². The summed E-state index contributed by atoms with van der Waals surface area (Å²) < 4.78 is 15.3. The van der Waals surface area contributed by atoms with Gasteiger partial charge in [0.2, 0.25) is 0 Å². The van der Waals surface area contributed by atoms with Gasteiger partial charge in [-0.3, -0.25) is 0 Å². The Labute approximate surface area is 136 Å². The van der Waals surface area contributed by atoms with E-state index in [1.165, 1.54) is 35.4 Å². The molecule has 0 bridgehead atoms. The standard InChI is InChI=1S/C17H11FN4O2/c1-10-2-3-15(18)13(4-10)14-8-20-16(5-11(14)6-19)22-9-12(7-21-22)17(23)24/h2-5,7-9H,1H3,(H,23,24). The number of aromatic nitrogens is 3. The highest BCUT2D eigenvalue weighted by atomic mass is 19.1. The minimum atomic E-state index is -1.11. The van der Waals surface area contributed by atoms with E-state index >= 15 is 0 Å². The van der Waals surface area contributed by atoms with Crippen molar-refractivity contribution in [3.05, 3.63) is 65.4 Å². The number of rotatable bonds is 3. The van der Waals surface area contributed by atoms with Crippen molar-refractivity contribution in [1.82, 2.24) is 14.8 Å². The molecular weight excluding hydrogens is 311 g/mol. The number of carboxylic acids is 1. The quantitative estimate of drug-likeness (QED) is 0.800. The fraction of sp³-hybridized carbons (Fsp3) is 0.0588. The Kier molecular flexibility index (Phi) is 3.80. The lowest BCUT2D eigenvalue weighted by atomic mass is 10.0. The van der Waals surface area contributed by atoms with E-state index in [1.807, 2.05) is 13.0 Å². The summed E-state index contributed by atoms with van der Waals surface area (Å²) in [5.74, 6) is -1.28. The average molecular weight is 322 g/mol. The van der Waals surface area contributed by atoms with Crippen molar-refractivity contribution in [3.8, 4) is 23.0 Å². The van der Waals surface area contributed by atoms with E-state index in [1.54, 1.807) is 12.1 Å². The highest BCUT2D eigenvalue weighted by molar-refractivity contribution is 5.87. The highest BCUT2D eigenvalue weighted by Crippen LogP contribution is 2.27. The summed E-state index contributed by atoms with van der Waals surface area (Å²) in [4.78, 5) is 15.1. The second-order valence-corrected chi connectivity index (χ2v) is 5.16. The summed E-state index contributed by atoms with van der Waals surface area (Å²) in [6.07, 6.45) is 3.86. The first-order valence-corrected chi connectivity index (χ1v) is 6.94. The molecule has 1 aromatic carbocycles. The maximum Gasteiger partial charge on any atom is 0.338 e. The number of aryl methyl sites for hydroxylation is 1. The number of nitrogens with zero attached hydrogens (tertiary/aromatic N) is 4. The molecule has 0 unspecified atom stereocenters. The number of pyridine rings is 1. The summed E-state index contributed by atoms with van der Waals surface area (Å²) in [5, 5.41) is 22.2.